The van der Waals surface area contributed by atoms with Crippen molar-refractivity contribution in [3.05, 3.63) is 76.9 Å². The van der Waals surface area contributed by atoms with Gasteiger partial charge in [-0.2, -0.15) is 0 Å². The molecule has 4 nitrogen and oxygen atoms in total. The summed E-state index contributed by atoms with van der Waals surface area (Å²) in [6.07, 6.45) is 10.3. The number of phenolic OH excluding ortho intramolecular Hbond substituents is 1. The lowest BCUT2D eigenvalue weighted by Crippen LogP contribution is -2.40. The van der Waals surface area contributed by atoms with Gasteiger partial charge in [0, 0.05) is 19.2 Å². The summed E-state index contributed by atoms with van der Waals surface area (Å²) in [5.41, 5.74) is 6.48. The van der Waals surface area contributed by atoms with E-state index in [-0.39, 0.29) is 5.91 Å². The van der Waals surface area contributed by atoms with Crippen LogP contribution in [0.5, 0.6) is 5.75 Å². The molecule has 4 fully saturated rings. The van der Waals surface area contributed by atoms with Gasteiger partial charge in [-0.05, 0) is 110 Å². The number of likely N-dealkylation sites (N-methyl/N-ethyl adjacent to an activating group) is 1. The van der Waals surface area contributed by atoms with Crippen LogP contribution in [-0.2, 0) is 4.79 Å². The van der Waals surface area contributed by atoms with Crippen LogP contribution in [-0.4, -0.2) is 43.1 Å². The van der Waals surface area contributed by atoms with Crippen molar-refractivity contribution >= 4 is 17.6 Å². The Hall–Kier alpha value is -2.85. The summed E-state index contributed by atoms with van der Waals surface area (Å²) in [7, 11) is 3.99. The summed E-state index contributed by atoms with van der Waals surface area (Å²) >= 11 is 0. The van der Waals surface area contributed by atoms with E-state index in [0.29, 0.717) is 24.1 Å². The molecule has 4 aliphatic rings. The van der Waals surface area contributed by atoms with Gasteiger partial charge in [-0.15, -0.1) is 0 Å². The molecular weight excluding hydrogens is 420 g/mol. The molecule has 2 aromatic carbocycles. The van der Waals surface area contributed by atoms with Crippen molar-refractivity contribution < 1.29 is 9.90 Å². The number of phenols is 1. The summed E-state index contributed by atoms with van der Waals surface area (Å²) in [4.78, 5) is 14.1. The Balaban J connectivity index is 1.41. The molecule has 0 radical (unpaired) electrons. The molecule has 0 heterocycles. The van der Waals surface area contributed by atoms with E-state index in [9.17, 15) is 9.90 Å². The van der Waals surface area contributed by atoms with Crippen molar-refractivity contribution in [1.82, 2.24) is 10.2 Å². The zero-order valence-electron chi connectivity index (χ0n) is 20.3. The van der Waals surface area contributed by atoms with E-state index in [1.54, 1.807) is 23.8 Å². The zero-order chi connectivity index (χ0) is 23.7. The van der Waals surface area contributed by atoms with E-state index in [2.05, 4.69) is 41.7 Å². The van der Waals surface area contributed by atoms with E-state index in [1.165, 1.54) is 48.8 Å². The topological polar surface area (TPSA) is 52.6 Å². The molecule has 0 atom stereocenters. The number of allylic oxidation sites excluding steroid dienone is 1. The van der Waals surface area contributed by atoms with Crippen LogP contribution in [0.15, 0.2) is 60.2 Å². The molecule has 2 N–H and O–H groups in total. The van der Waals surface area contributed by atoms with E-state index < -0.39 is 0 Å². The molecule has 1 amide bonds. The second-order valence-corrected chi connectivity index (χ2v) is 10.7. The summed E-state index contributed by atoms with van der Waals surface area (Å²) in [5.74, 6) is 3.48. The number of amides is 1. The number of nitrogens with one attached hydrogen (secondary N) is 1. The van der Waals surface area contributed by atoms with E-state index in [0.717, 1.165) is 23.9 Å². The average molecular weight is 457 g/mol. The lowest BCUT2D eigenvalue weighted by atomic mass is 9.53. The predicted octanol–water partition coefficient (Wildman–Crippen LogP) is 5.34. The van der Waals surface area contributed by atoms with Crippen LogP contribution in [0.25, 0.3) is 11.6 Å². The largest absolute Gasteiger partial charge is 0.508 e. The van der Waals surface area contributed by atoms with Crippen LogP contribution in [0, 0.1) is 23.7 Å². The van der Waals surface area contributed by atoms with Crippen molar-refractivity contribution in [3.63, 3.8) is 0 Å². The Bertz CT molecular complexity index is 1050. The fourth-order valence-electron chi connectivity index (χ4n) is 6.62. The predicted molar refractivity (Wildman–Crippen MR) is 138 cm³/mol. The van der Waals surface area contributed by atoms with Crippen LogP contribution in [0.2, 0.25) is 0 Å². The van der Waals surface area contributed by atoms with Crippen molar-refractivity contribution in [3.8, 4) is 5.75 Å². The van der Waals surface area contributed by atoms with Crippen molar-refractivity contribution in [1.29, 1.82) is 0 Å². The van der Waals surface area contributed by atoms with Gasteiger partial charge in [0.15, 0.2) is 0 Å². The molecular formula is C30H36N2O2. The molecule has 0 unspecified atom stereocenters. The molecule has 0 aliphatic heterocycles. The fourth-order valence-corrected chi connectivity index (χ4v) is 6.62. The fraction of sp³-hybridized carbons (Fsp3) is 0.433. The normalized spacial score (nSPS) is 25.3. The molecule has 2 aromatic rings. The van der Waals surface area contributed by atoms with Gasteiger partial charge in [0.1, 0.15) is 5.75 Å². The molecule has 0 aromatic heterocycles. The number of hydrogen-bond donors (Lipinski definition) is 2. The minimum Gasteiger partial charge on any atom is -0.508 e. The Labute approximate surface area is 203 Å². The number of benzene rings is 2. The number of rotatable bonds is 7. The Morgan fingerprint density at radius 3 is 2.03 bits per heavy atom. The number of aromatic hydroxyl groups is 1. The number of hydrogen-bond acceptors (Lipinski definition) is 3. The minimum absolute atomic E-state index is 0.0635. The van der Waals surface area contributed by atoms with Crippen LogP contribution in [0.1, 0.15) is 48.8 Å². The van der Waals surface area contributed by atoms with Gasteiger partial charge in [0.05, 0.1) is 0 Å². The second-order valence-electron chi connectivity index (χ2n) is 10.7. The van der Waals surface area contributed by atoms with Crippen molar-refractivity contribution in [2.45, 2.75) is 32.1 Å². The molecule has 6 rings (SSSR count). The molecule has 34 heavy (non-hydrogen) atoms. The maximum atomic E-state index is 12.1. The Kier molecular flexibility index (Phi) is 6.60. The van der Waals surface area contributed by atoms with Gasteiger partial charge < -0.3 is 15.3 Å². The Morgan fingerprint density at radius 2 is 1.47 bits per heavy atom. The number of nitrogens with zero attached hydrogens (tertiary/aromatic N) is 1. The first-order chi connectivity index (χ1) is 16.5. The van der Waals surface area contributed by atoms with Crippen LogP contribution in [0.4, 0.5) is 0 Å². The van der Waals surface area contributed by atoms with Gasteiger partial charge in [0.2, 0.25) is 5.91 Å². The third-order valence-electron chi connectivity index (χ3n) is 7.95. The first-order valence-electron chi connectivity index (χ1n) is 12.7. The van der Waals surface area contributed by atoms with Gasteiger partial charge in [-0.3, -0.25) is 4.79 Å². The van der Waals surface area contributed by atoms with Crippen molar-refractivity contribution in [2.75, 3.05) is 27.2 Å². The highest BCUT2D eigenvalue weighted by atomic mass is 16.3. The molecule has 178 valence electrons. The Morgan fingerprint density at radius 1 is 0.912 bits per heavy atom. The van der Waals surface area contributed by atoms with Crippen LogP contribution >= 0.6 is 0 Å². The smallest absolute Gasteiger partial charge is 0.244 e. The highest BCUT2D eigenvalue weighted by Crippen LogP contribution is 2.58. The summed E-state index contributed by atoms with van der Waals surface area (Å²) in [6, 6.07) is 16.3. The van der Waals surface area contributed by atoms with Gasteiger partial charge in [-0.1, -0.05) is 42.0 Å². The van der Waals surface area contributed by atoms with Crippen molar-refractivity contribution in [2.24, 2.45) is 23.7 Å². The zero-order valence-corrected chi connectivity index (χ0v) is 20.3. The van der Waals surface area contributed by atoms with E-state index in [4.69, 9.17) is 0 Å². The number of carbonyl (C=O) groups is 1. The van der Waals surface area contributed by atoms with Gasteiger partial charge >= 0.3 is 0 Å². The first-order valence-corrected chi connectivity index (χ1v) is 12.7. The number of carbonyl (C=O) groups excluding carboxylic acids is 1. The molecule has 0 saturated heterocycles. The standard InChI is InChI=1S/C30H36N2O2/c1-32(2)14-13-31-28(34)12-5-20-3-6-23(7-4-20)29(24-8-10-27(33)11-9-24)30-25-16-21-15-22(18-25)19-26(30)17-21/h3-12,21-22,25-26,33H,13-19H2,1-2H3,(H,31,34)/b12-5+,30-29?. The lowest BCUT2D eigenvalue weighted by Gasteiger charge is -2.52. The summed E-state index contributed by atoms with van der Waals surface area (Å²) < 4.78 is 0. The monoisotopic (exact) mass is 456 g/mol. The molecule has 0 spiro atoms. The van der Waals surface area contributed by atoms with E-state index in [1.807, 2.05) is 25.1 Å². The van der Waals surface area contributed by atoms with Crippen LogP contribution < -0.4 is 5.32 Å². The third kappa shape index (κ3) is 4.97. The van der Waals surface area contributed by atoms with Crippen LogP contribution in [0.3, 0.4) is 0 Å². The highest BCUT2D eigenvalue weighted by Gasteiger charge is 2.46. The molecule has 4 heteroatoms. The third-order valence-corrected chi connectivity index (χ3v) is 7.95. The lowest BCUT2D eigenvalue weighted by molar-refractivity contribution is -0.116. The van der Waals surface area contributed by atoms with Gasteiger partial charge in [-0.25, -0.2) is 0 Å². The quantitative estimate of drug-likeness (QED) is 0.553. The molecule has 4 bridgehead atoms. The maximum absolute atomic E-state index is 12.1. The molecule has 4 aliphatic carbocycles. The first kappa shape index (κ1) is 22.9. The average Bonchev–Trinajstić information content (AvgIpc) is 2.81. The maximum Gasteiger partial charge on any atom is 0.244 e. The van der Waals surface area contributed by atoms with Gasteiger partial charge in [0.25, 0.3) is 0 Å². The molecule has 4 saturated carbocycles. The highest BCUT2D eigenvalue weighted by molar-refractivity contribution is 5.92. The minimum atomic E-state index is -0.0635. The summed E-state index contributed by atoms with van der Waals surface area (Å²) in [6.45, 7) is 1.47. The second kappa shape index (κ2) is 9.79. The van der Waals surface area contributed by atoms with E-state index >= 15 is 0 Å². The SMILES string of the molecule is CN(C)CCNC(=O)/C=C/c1ccc(C(=C2C3CC4CC(C3)CC2C4)c2ccc(O)cc2)cc1. The summed E-state index contributed by atoms with van der Waals surface area (Å²) in [5, 5.41) is 12.8.